The average Bonchev–Trinajstić information content (AvgIpc) is 3.15. The maximum atomic E-state index is 10.7. The monoisotopic (exact) mass is 341 g/mol. The molecule has 5 nitrogen and oxygen atoms in total. The Labute approximate surface area is 150 Å². The minimum Gasteiger partial charge on any atom is -0.316 e. The van der Waals surface area contributed by atoms with E-state index >= 15 is 0 Å². The Bertz CT molecular complexity index is 1110. The van der Waals surface area contributed by atoms with Gasteiger partial charge in [-0.3, -0.25) is 15.1 Å². The molecule has 0 N–H and O–H groups in total. The molecule has 0 aliphatic heterocycles. The van der Waals surface area contributed by atoms with Crippen LogP contribution in [-0.4, -0.2) is 15.7 Å². The number of aliphatic imine (C=N–C) groups is 1. The van der Waals surface area contributed by atoms with E-state index < -0.39 is 4.92 Å². The first-order chi connectivity index (χ1) is 12.7. The van der Waals surface area contributed by atoms with Crippen molar-refractivity contribution in [2.24, 2.45) is 4.99 Å². The van der Waals surface area contributed by atoms with E-state index in [9.17, 15) is 10.1 Å². The number of aromatic nitrogens is 1. The lowest BCUT2D eigenvalue weighted by Crippen LogP contribution is -1.97. The molecule has 5 heteroatoms. The highest BCUT2D eigenvalue weighted by Crippen LogP contribution is 2.21. The van der Waals surface area contributed by atoms with Gasteiger partial charge in [0.05, 0.1) is 22.5 Å². The number of non-ortho nitro benzene ring substituents is 1. The zero-order valence-corrected chi connectivity index (χ0v) is 13.8. The van der Waals surface area contributed by atoms with Crippen LogP contribution in [0.25, 0.3) is 16.5 Å². The standard InChI is InChI=1S/C21H15N3O2/c25-24(26)19-11-8-18(9-12-19)22-15-21-6-3-13-23(21)20-10-7-16-4-1-2-5-17(16)14-20/h1-15H. The number of nitro groups is 1. The van der Waals surface area contributed by atoms with Crippen LogP contribution < -0.4 is 0 Å². The van der Waals surface area contributed by atoms with E-state index in [4.69, 9.17) is 0 Å². The molecule has 0 saturated heterocycles. The second kappa shape index (κ2) is 6.64. The van der Waals surface area contributed by atoms with Gasteiger partial charge in [-0.15, -0.1) is 0 Å². The summed E-state index contributed by atoms with van der Waals surface area (Å²) in [5, 5.41) is 13.1. The molecular formula is C21H15N3O2. The largest absolute Gasteiger partial charge is 0.316 e. The van der Waals surface area contributed by atoms with Gasteiger partial charge in [-0.2, -0.15) is 0 Å². The fourth-order valence-electron chi connectivity index (χ4n) is 2.86. The van der Waals surface area contributed by atoms with Crippen molar-refractivity contribution in [2.75, 3.05) is 0 Å². The van der Waals surface area contributed by atoms with Gasteiger partial charge in [0, 0.05) is 24.0 Å². The van der Waals surface area contributed by atoms with Crippen LogP contribution in [-0.2, 0) is 0 Å². The molecule has 0 radical (unpaired) electrons. The summed E-state index contributed by atoms with van der Waals surface area (Å²) in [6.07, 6.45) is 3.75. The highest BCUT2D eigenvalue weighted by Gasteiger charge is 2.04. The molecule has 0 atom stereocenters. The van der Waals surface area contributed by atoms with Gasteiger partial charge in [0.1, 0.15) is 0 Å². The molecule has 0 fully saturated rings. The molecule has 1 aromatic heterocycles. The Morgan fingerprint density at radius 2 is 1.65 bits per heavy atom. The third kappa shape index (κ3) is 3.10. The lowest BCUT2D eigenvalue weighted by molar-refractivity contribution is -0.384. The first-order valence-electron chi connectivity index (χ1n) is 8.16. The summed E-state index contributed by atoms with van der Waals surface area (Å²) < 4.78 is 2.06. The number of nitro benzene ring substituents is 1. The molecular weight excluding hydrogens is 326 g/mol. The maximum Gasteiger partial charge on any atom is 0.269 e. The zero-order valence-electron chi connectivity index (χ0n) is 13.8. The molecule has 4 rings (SSSR count). The molecule has 0 amide bonds. The summed E-state index contributed by atoms with van der Waals surface area (Å²) >= 11 is 0. The molecule has 0 saturated carbocycles. The van der Waals surface area contributed by atoms with E-state index in [-0.39, 0.29) is 5.69 Å². The van der Waals surface area contributed by atoms with Gasteiger partial charge in [0.15, 0.2) is 0 Å². The van der Waals surface area contributed by atoms with E-state index in [1.54, 1.807) is 18.3 Å². The third-order valence-corrected chi connectivity index (χ3v) is 4.20. The lowest BCUT2D eigenvalue weighted by atomic mass is 10.1. The average molecular weight is 341 g/mol. The topological polar surface area (TPSA) is 60.4 Å². The summed E-state index contributed by atoms with van der Waals surface area (Å²) in [6.45, 7) is 0. The molecule has 26 heavy (non-hydrogen) atoms. The summed E-state index contributed by atoms with van der Waals surface area (Å²) in [5.41, 5.74) is 2.71. The Balaban J connectivity index is 1.64. The van der Waals surface area contributed by atoms with Crippen LogP contribution in [0.5, 0.6) is 0 Å². The molecule has 4 aromatic rings. The van der Waals surface area contributed by atoms with Crippen LogP contribution in [0.1, 0.15) is 5.69 Å². The molecule has 0 aliphatic carbocycles. The fraction of sp³-hybridized carbons (Fsp3) is 0. The van der Waals surface area contributed by atoms with E-state index in [0.29, 0.717) is 5.69 Å². The molecule has 0 bridgehead atoms. The predicted molar refractivity (Wildman–Crippen MR) is 104 cm³/mol. The van der Waals surface area contributed by atoms with E-state index in [2.05, 4.69) is 39.9 Å². The van der Waals surface area contributed by atoms with Gasteiger partial charge in [-0.25, -0.2) is 0 Å². The van der Waals surface area contributed by atoms with E-state index in [0.717, 1.165) is 11.4 Å². The third-order valence-electron chi connectivity index (χ3n) is 4.20. The van der Waals surface area contributed by atoms with Crippen molar-refractivity contribution in [3.63, 3.8) is 0 Å². The Morgan fingerprint density at radius 3 is 2.42 bits per heavy atom. The molecule has 0 unspecified atom stereocenters. The highest BCUT2D eigenvalue weighted by atomic mass is 16.6. The van der Waals surface area contributed by atoms with Crippen molar-refractivity contribution in [3.05, 3.63) is 101 Å². The van der Waals surface area contributed by atoms with Crippen LogP contribution in [0.4, 0.5) is 11.4 Å². The Hall–Kier alpha value is -3.73. The van der Waals surface area contributed by atoms with Crippen LogP contribution in [0.2, 0.25) is 0 Å². The number of hydrogen-bond donors (Lipinski definition) is 0. The van der Waals surface area contributed by atoms with Crippen molar-refractivity contribution < 1.29 is 4.92 Å². The molecule has 0 aliphatic rings. The smallest absolute Gasteiger partial charge is 0.269 e. The molecule has 0 spiro atoms. The zero-order chi connectivity index (χ0) is 17.9. The SMILES string of the molecule is O=[N+]([O-])c1ccc(N=Cc2cccn2-c2ccc3ccccc3c2)cc1. The van der Waals surface area contributed by atoms with Crippen molar-refractivity contribution in [1.29, 1.82) is 0 Å². The van der Waals surface area contributed by atoms with Crippen LogP contribution in [0.3, 0.4) is 0 Å². The minimum absolute atomic E-state index is 0.0588. The number of rotatable bonds is 4. The van der Waals surface area contributed by atoms with Crippen molar-refractivity contribution >= 4 is 28.4 Å². The van der Waals surface area contributed by atoms with Gasteiger partial charge in [-0.1, -0.05) is 30.3 Å². The second-order valence-corrected chi connectivity index (χ2v) is 5.87. The summed E-state index contributed by atoms with van der Waals surface area (Å²) in [6, 6.07) is 24.7. The number of fused-ring (bicyclic) bond motifs is 1. The number of benzene rings is 3. The highest BCUT2D eigenvalue weighted by molar-refractivity contribution is 5.86. The van der Waals surface area contributed by atoms with Gasteiger partial charge >= 0.3 is 0 Å². The Kier molecular flexibility index (Phi) is 4.03. The van der Waals surface area contributed by atoms with Gasteiger partial charge in [0.2, 0.25) is 0 Å². The summed E-state index contributed by atoms with van der Waals surface area (Å²) in [4.78, 5) is 14.7. The first-order valence-corrected chi connectivity index (χ1v) is 8.16. The lowest BCUT2D eigenvalue weighted by Gasteiger charge is -2.08. The van der Waals surface area contributed by atoms with Crippen LogP contribution in [0, 0.1) is 10.1 Å². The fourth-order valence-corrected chi connectivity index (χ4v) is 2.86. The predicted octanol–water partition coefficient (Wildman–Crippen LogP) is 5.29. The van der Waals surface area contributed by atoms with Gasteiger partial charge in [-0.05, 0) is 47.2 Å². The summed E-state index contributed by atoms with van der Waals surface area (Å²) in [7, 11) is 0. The molecule has 3 aromatic carbocycles. The molecule has 1 heterocycles. The minimum atomic E-state index is -0.418. The normalized spacial score (nSPS) is 11.2. The van der Waals surface area contributed by atoms with Gasteiger partial charge in [0.25, 0.3) is 5.69 Å². The second-order valence-electron chi connectivity index (χ2n) is 5.87. The van der Waals surface area contributed by atoms with Crippen LogP contribution >= 0.6 is 0 Å². The van der Waals surface area contributed by atoms with Crippen molar-refractivity contribution in [1.82, 2.24) is 4.57 Å². The van der Waals surface area contributed by atoms with Gasteiger partial charge < -0.3 is 4.57 Å². The van der Waals surface area contributed by atoms with Crippen molar-refractivity contribution in [2.45, 2.75) is 0 Å². The van der Waals surface area contributed by atoms with E-state index in [1.165, 1.54) is 22.9 Å². The number of hydrogen-bond acceptors (Lipinski definition) is 3. The Morgan fingerprint density at radius 1 is 0.885 bits per heavy atom. The summed E-state index contributed by atoms with van der Waals surface area (Å²) in [5.74, 6) is 0. The van der Waals surface area contributed by atoms with E-state index in [1.807, 2.05) is 30.5 Å². The number of nitrogens with zero attached hydrogens (tertiary/aromatic N) is 3. The first kappa shape index (κ1) is 15.8. The maximum absolute atomic E-state index is 10.7. The molecule has 126 valence electrons. The quantitative estimate of drug-likeness (QED) is 0.288. The van der Waals surface area contributed by atoms with Crippen LogP contribution in [0.15, 0.2) is 90.1 Å². The van der Waals surface area contributed by atoms with Crippen molar-refractivity contribution in [3.8, 4) is 5.69 Å².